The maximum Gasteiger partial charge on any atom is 0.300 e. The lowest BCUT2D eigenvalue weighted by Gasteiger charge is -2.05. The molecule has 7 nitrogen and oxygen atoms in total. The zero-order chi connectivity index (χ0) is 17.2. The Hall–Kier alpha value is -2.39. The first kappa shape index (κ1) is 16.5. The van der Waals surface area contributed by atoms with E-state index in [9.17, 15) is 13.2 Å². The van der Waals surface area contributed by atoms with Crippen LogP contribution in [0.5, 0.6) is 0 Å². The van der Waals surface area contributed by atoms with Crippen molar-refractivity contribution >= 4 is 31.9 Å². The number of carbonyl (C=O) groups excluding carboxylic acids is 1. The maximum absolute atomic E-state index is 12.1. The summed E-state index contributed by atoms with van der Waals surface area (Å²) in [5, 5.41) is 4.08. The van der Waals surface area contributed by atoms with Gasteiger partial charge >= 0.3 is 5.91 Å². The molecule has 0 atom stereocenters. The Bertz CT molecular complexity index is 964. The van der Waals surface area contributed by atoms with E-state index in [0.29, 0.717) is 12.3 Å². The quantitative estimate of drug-likeness (QED) is 0.697. The summed E-state index contributed by atoms with van der Waals surface area (Å²) in [4.78, 5) is 12.1. The van der Waals surface area contributed by atoms with Crippen molar-refractivity contribution in [1.82, 2.24) is 14.5 Å². The number of sulfonamides is 1. The van der Waals surface area contributed by atoms with Crippen molar-refractivity contribution in [1.29, 1.82) is 0 Å². The van der Waals surface area contributed by atoms with E-state index >= 15 is 0 Å². The Balaban J connectivity index is 1.72. The van der Waals surface area contributed by atoms with Crippen molar-refractivity contribution in [3.63, 3.8) is 0 Å². The van der Waals surface area contributed by atoms with E-state index in [2.05, 4.69) is 21.0 Å². The standard InChI is InChI=1S/C15H12BrN3O4S/c16-11-8-17-19(9-11)10-12-6-7-14(23-12)15(20)18-24(21,22)13-4-2-1-3-5-13/h1-9H,10H2,(H,18,20). The van der Waals surface area contributed by atoms with Crippen LogP contribution in [-0.2, 0) is 16.6 Å². The molecule has 124 valence electrons. The highest BCUT2D eigenvalue weighted by Gasteiger charge is 2.20. The van der Waals surface area contributed by atoms with Crippen LogP contribution in [0.1, 0.15) is 16.3 Å². The second-order valence-corrected chi connectivity index (χ2v) is 7.47. The highest BCUT2D eigenvalue weighted by atomic mass is 79.9. The number of rotatable bonds is 5. The number of benzene rings is 1. The molecule has 0 unspecified atom stereocenters. The molecule has 2 heterocycles. The molecular formula is C15H12BrN3O4S. The van der Waals surface area contributed by atoms with Crippen LogP contribution in [0, 0.1) is 0 Å². The van der Waals surface area contributed by atoms with Crippen LogP contribution in [-0.4, -0.2) is 24.1 Å². The van der Waals surface area contributed by atoms with Crippen LogP contribution in [0.25, 0.3) is 0 Å². The molecule has 0 aliphatic carbocycles. The molecule has 1 aromatic carbocycles. The monoisotopic (exact) mass is 409 g/mol. The molecule has 2 aromatic heterocycles. The lowest BCUT2D eigenvalue weighted by atomic mass is 10.4. The second-order valence-electron chi connectivity index (χ2n) is 4.87. The predicted octanol–water partition coefficient (Wildman–Crippen LogP) is 2.41. The van der Waals surface area contributed by atoms with Crippen LogP contribution in [0.4, 0.5) is 0 Å². The molecule has 9 heteroatoms. The zero-order valence-electron chi connectivity index (χ0n) is 12.2. The Labute approximate surface area is 146 Å². The number of hydrogen-bond donors (Lipinski definition) is 1. The first-order valence-corrected chi connectivity index (χ1v) is 9.10. The van der Waals surface area contributed by atoms with Crippen LogP contribution in [0.3, 0.4) is 0 Å². The van der Waals surface area contributed by atoms with E-state index in [1.807, 2.05) is 4.72 Å². The van der Waals surface area contributed by atoms with Gasteiger partial charge in [0.2, 0.25) is 0 Å². The third kappa shape index (κ3) is 3.74. The van der Waals surface area contributed by atoms with Gasteiger partial charge in [0, 0.05) is 6.20 Å². The van der Waals surface area contributed by atoms with Gasteiger partial charge in [0.1, 0.15) is 5.76 Å². The lowest BCUT2D eigenvalue weighted by molar-refractivity contribution is 0.0952. The highest BCUT2D eigenvalue weighted by molar-refractivity contribution is 9.10. The first-order chi connectivity index (χ1) is 11.4. The summed E-state index contributed by atoms with van der Waals surface area (Å²) in [5.41, 5.74) is 0. The minimum absolute atomic E-state index is 0.00604. The van der Waals surface area contributed by atoms with Crippen LogP contribution >= 0.6 is 15.9 Å². The van der Waals surface area contributed by atoms with Crippen molar-refractivity contribution < 1.29 is 17.6 Å². The molecule has 0 fully saturated rings. The van der Waals surface area contributed by atoms with Gasteiger partial charge < -0.3 is 4.42 Å². The number of halogens is 1. The maximum atomic E-state index is 12.1. The number of nitrogens with zero attached hydrogens (tertiary/aromatic N) is 2. The zero-order valence-corrected chi connectivity index (χ0v) is 14.6. The fourth-order valence-corrected chi connectivity index (χ4v) is 3.31. The normalized spacial score (nSPS) is 11.4. The van der Waals surface area contributed by atoms with E-state index in [4.69, 9.17) is 4.42 Å². The van der Waals surface area contributed by atoms with Crippen molar-refractivity contribution in [2.75, 3.05) is 0 Å². The number of carbonyl (C=O) groups is 1. The van der Waals surface area contributed by atoms with E-state index in [1.165, 1.54) is 18.2 Å². The van der Waals surface area contributed by atoms with Gasteiger partial charge in [-0.1, -0.05) is 18.2 Å². The fraction of sp³-hybridized carbons (Fsp3) is 0.0667. The van der Waals surface area contributed by atoms with Crippen LogP contribution < -0.4 is 4.72 Å². The summed E-state index contributed by atoms with van der Waals surface area (Å²) < 4.78 is 34.1. The fourth-order valence-electron chi connectivity index (χ4n) is 2.00. The number of aromatic nitrogens is 2. The molecule has 0 saturated carbocycles. The Morgan fingerprint density at radius 1 is 1.21 bits per heavy atom. The van der Waals surface area contributed by atoms with E-state index < -0.39 is 15.9 Å². The summed E-state index contributed by atoms with van der Waals surface area (Å²) in [6.45, 7) is 0.324. The van der Waals surface area contributed by atoms with Crippen molar-refractivity contribution in [3.05, 3.63) is 70.9 Å². The minimum atomic E-state index is -3.94. The molecule has 0 aliphatic rings. The van der Waals surface area contributed by atoms with Gasteiger partial charge in [0.25, 0.3) is 10.0 Å². The topological polar surface area (TPSA) is 94.2 Å². The third-order valence-corrected chi connectivity index (χ3v) is 4.84. The van der Waals surface area contributed by atoms with Crippen LogP contribution in [0.15, 0.2) is 68.6 Å². The summed E-state index contributed by atoms with van der Waals surface area (Å²) in [6.07, 6.45) is 3.38. The number of nitrogens with one attached hydrogen (secondary N) is 1. The summed E-state index contributed by atoms with van der Waals surface area (Å²) in [6, 6.07) is 10.7. The summed E-state index contributed by atoms with van der Waals surface area (Å²) >= 11 is 3.28. The molecule has 0 saturated heterocycles. The Morgan fingerprint density at radius 2 is 1.96 bits per heavy atom. The summed E-state index contributed by atoms with van der Waals surface area (Å²) in [5.74, 6) is -0.435. The molecule has 3 aromatic rings. The van der Waals surface area contributed by atoms with Crippen molar-refractivity contribution in [2.45, 2.75) is 11.4 Å². The molecule has 0 aliphatic heterocycles. The average Bonchev–Trinajstić information content (AvgIpc) is 3.17. The van der Waals surface area contributed by atoms with Gasteiger partial charge in [0.15, 0.2) is 5.76 Å². The smallest absolute Gasteiger partial charge is 0.300 e. The molecule has 3 rings (SSSR count). The van der Waals surface area contributed by atoms with Gasteiger partial charge in [-0.3, -0.25) is 9.48 Å². The number of hydrogen-bond acceptors (Lipinski definition) is 5. The minimum Gasteiger partial charge on any atom is -0.454 e. The number of furan rings is 1. The molecular weight excluding hydrogens is 398 g/mol. The first-order valence-electron chi connectivity index (χ1n) is 6.83. The predicted molar refractivity (Wildman–Crippen MR) is 88.8 cm³/mol. The van der Waals surface area contributed by atoms with Gasteiger partial charge in [-0.15, -0.1) is 0 Å². The molecule has 1 N–H and O–H groups in total. The summed E-state index contributed by atoms with van der Waals surface area (Å²) in [7, 11) is -3.94. The molecule has 1 amide bonds. The van der Waals surface area contributed by atoms with Crippen molar-refractivity contribution in [2.24, 2.45) is 0 Å². The molecule has 0 bridgehead atoms. The van der Waals surface area contributed by atoms with E-state index in [-0.39, 0.29) is 10.7 Å². The molecule has 0 radical (unpaired) electrons. The largest absolute Gasteiger partial charge is 0.454 e. The Kier molecular flexibility index (Phi) is 4.54. The third-order valence-electron chi connectivity index (χ3n) is 3.09. The molecule has 0 spiro atoms. The average molecular weight is 410 g/mol. The van der Waals surface area contributed by atoms with Crippen LogP contribution in [0.2, 0.25) is 0 Å². The van der Waals surface area contributed by atoms with Crippen molar-refractivity contribution in [3.8, 4) is 0 Å². The molecule has 24 heavy (non-hydrogen) atoms. The van der Waals surface area contributed by atoms with Gasteiger partial charge in [-0.05, 0) is 40.2 Å². The van der Waals surface area contributed by atoms with E-state index in [1.54, 1.807) is 41.3 Å². The number of amides is 1. The van der Waals surface area contributed by atoms with E-state index in [0.717, 1.165) is 4.47 Å². The van der Waals surface area contributed by atoms with Gasteiger partial charge in [-0.25, -0.2) is 13.1 Å². The second kappa shape index (κ2) is 6.62. The van der Waals surface area contributed by atoms with Gasteiger partial charge in [-0.2, -0.15) is 5.10 Å². The highest BCUT2D eigenvalue weighted by Crippen LogP contribution is 2.13. The SMILES string of the molecule is O=C(NS(=O)(=O)c1ccccc1)c1ccc(Cn2cc(Br)cn2)o1. The Morgan fingerprint density at radius 3 is 2.62 bits per heavy atom. The lowest BCUT2D eigenvalue weighted by Crippen LogP contribution is -2.30. The van der Waals surface area contributed by atoms with Gasteiger partial charge in [0.05, 0.1) is 22.1 Å².